The van der Waals surface area contributed by atoms with Gasteiger partial charge < -0.3 is 23.7 Å². The number of benzene rings is 1. The lowest BCUT2D eigenvalue weighted by Crippen LogP contribution is -2.62. The molecule has 1 aromatic rings. The SMILES string of the molecule is CO[C@H]1O[C@@H]2CO[C@@H](c3ccccc3)O[C@H]2[C@@H](N=[N+]=[N-])[C@@H]1OC(C)=O. The summed E-state index contributed by atoms with van der Waals surface area (Å²) in [6.45, 7) is 1.50. The Bertz CT molecular complexity index is 651. The van der Waals surface area contributed by atoms with Gasteiger partial charge in [-0.1, -0.05) is 35.4 Å². The first kappa shape index (κ1) is 17.7. The van der Waals surface area contributed by atoms with Crippen LogP contribution in [0, 0.1) is 0 Å². The first-order valence-electron chi connectivity index (χ1n) is 7.85. The maximum Gasteiger partial charge on any atom is 0.303 e. The second-order valence-electron chi connectivity index (χ2n) is 5.72. The lowest BCUT2D eigenvalue weighted by atomic mass is 9.95. The van der Waals surface area contributed by atoms with Gasteiger partial charge in [-0.05, 0) is 5.53 Å². The van der Waals surface area contributed by atoms with Gasteiger partial charge in [-0.2, -0.15) is 0 Å². The molecule has 0 bridgehead atoms. The van der Waals surface area contributed by atoms with Crippen molar-refractivity contribution in [1.29, 1.82) is 0 Å². The van der Waals surface area contributed by atoms with E-state index in [1.54, 1.807) is 0 Å². The van der Waals surface area contributed by atoms with E-state index in [0.29, 0.717) is 0 Å². The van der Waals surface area contributed by atoms with Crippen molar-refractivity contribution in [2.75, 3.05) is 13.7 Å². The van der Waals surface area contributed by atoms with Crippen molar-refractivity contribution in [1.82, 2.24) is 0 Å². The summed E-state index contributed by atoms with van der Waals surface area (Å²) >= 11 is 0. The predicted octanol–water partition coefficient (Wildman–Crippen LogP) is 2.08. The molecule has 1 aromatic carbocycles. The molecule has 0 radical (unpaired) electrons. The molecule has 25 heavy (non-hydrogen) atoms. The van der Waals surface area contributed by atoms with Crippen LogP contribution in [0.4, 0.5) is 0 Å². The number of ether oxygens (including phenoxy) is 5. The van der Waals surface area contributed by atoms with Gasteiger partial charge in [0.25, 0.3) is 0 Å². The number of hydrogen-bond acceptors (Lipinski definition) is 7. The predicted molar refractivity (Wildman–Crippen MR) is 84.2 cm³/mol. The van der Waals surface area contributed by atoms with Crippen LogP contribution in [0.1, 0.15) is 18.8 Å². The van der Waals surface area contributed by atoms with Gasteiger partial charge in [0.1, 0.15) is 18.2 Å². The summed E-state index contributed by atoms with van der Waals surface area (Å²) in [6, 6.07) is 8.59. The maximum absolute atomic E-state index is 11.4. The van der Waals surface area contributed by atoms with Crippen molar-refractivity contribution < 1.29 is 28.5 Å². The Morgan fingerprint density at radius 1 is 1.32 bits per heavy atom. The highest BCUT2D eigenvalue weighted by atomic mass is 16.8. The Labute approximate surface area is 144 Å². The average Bonchev–Trinajstić information content (AvgIpc) is 2.63. The topological polar surface area (TPSA) is 112 Å². The van der Waals surface area contributed by atoms with Crippen LogP contribution in [0.5, 0.6) is 0 Å². The van der Waals surface area contributed by atoms with Gasteiger partial charge in [-0.15, -0.1) is 0 Å². The molecule has 6 atom stereocenters. The van der Waals surface area contributed by atoms with Crippen molar-refractivity contribution in [3.63, 3.8) is 0 Å². The zero-order valence-corrected chi connectivity index (χ0v) is 13.8. The van der Waals surface area contributed by atoms with E-state index < -0.39 is 42.9 Å². The first-order chi connectivity index (χ1) is 12.1. The molecule has 0 spiro atoms. The third kappa shape index (κ3) is 3.76. The van der Waals surface area contributed by atoms with Crippen molar-refractivity contribution in [2.45, 2.75) is 43.9 Å². The second-order valence-corrected chi connectivity index (χ2v) is 5.72. The summed E-state index contributed by atoms with van der Waals surface area (Å²) in [4.78, 5) is 14.3. The van der Waals surface area contributed by atoms with Crippen molar-refractivity contribution in [3.8, 4) is 0 Å². The minimum absolute atomic E-state index is 0.230. The Balaban J connectivity index is 1.86. The van der Waals surface area contributed by atoms with E-state index in [1.807, 2.05) is 30.3 Å². The number of nitrogens with zero attached hydrogens (tertiary/aromatic N) is 3. The number of carbonyl (C=O) groups excluding carboxylic acids is 1. The average molecular weight is 349 g/mol. The second kappa shape index (κ2) is 7.81. The van der Waals surface area contributed by atoms with Crippen LogP contribution in [0.15, 0.2) is 35.4 Å². The largest absolute Gasteiger partial charge is 0.457 e. The van der Waals surface area contributed by atoms with E-state index in [2.05, 4.69) is 10.0 Å². The molecule has 0 N–H and O–H groups in total. The minimum Gasteiger partial charge on any atom is -0.457 e. The number of fused-ring (bicyclic) bond motifs is 1. The van der Waals surface area contributed by atoms with Gasteiger partial charge in [-0.3, -0.25) is 4.79 Å². The summed E-state index contributed by atoms with van der Waals surface area (Å²) in [5, 5.41) is 3.79. The number of esters is 1. The standard InChI is InChI=1S/C16H19N3O6/c1-9(20)23-14-12(18-19-17)13-11(24-16(14)21-2)8-22-15(25-13)10-6-4-3-5-7-10/h3-7,11-16H,8H2,1-2H3/t11-,12-,13-,14+,15-,16+/m1/s1. The van der Waals surface area contributed by atoms with Crippen molar-refractivity contribution >= 4 is 5.97 Å². The van der Waals surface area contributed by atoms with E-state index in [4.69, 9.17) is 29.2 Å². The number of rotatable bonds is 4. The van der Waals surface area contributed by atoms with Gasteiger partial charge in [0.05, 0.1) is 6.61 Å². The Morgan fingerprint density at radius 2 is 2.08 bits per heavy atom. The molecule has 3 rings (SSSR count). The van der Waals surface area contributed by atoms with Crippen LogP contribution in [0.3, 0.4) is 0 Å². The third-order valence-corrected chi connectivity index (χ3v) is 4.10. The van der Waals surface area contributed by atoms with E-state index in [9.17, 15) is 4.79 Å². The van der Waals surface area contributed by atoms with E-state index in [-0.39, 0.29) is 6.61 Å². The smallest absolute Gasteiger partial charge is 0.303 e. The number of hydrogen-bond donors (Lipinski definition) is 0. The van der Waals surface area contributed by atoms with Gasteiger partial charge in [-0.25, -0.2) is 0 Å². The van der Waals surface area contributed by atoms with Gasteiger partial charge in [0, 0.05) is 24.5 Å². The molecular weight excluding hydrogens is 330 g/mol. The molecule has 134 valence electrons. The quantitative estimate of drug-likeness (QED) is 0.356. The lowest BCUT2D eigenvalue weighted by molar-refractivity contribution is -0.338. The van der Waals surface area contributed by atoms with Gasteiger partial charge in [0.2, 0.25) is 0 Å². The molecule has 2 aliphatic heterocycles. The third-order valence-electron chi connectivity index (χ3n) is 4.10. The molecular formula is C16H19N3O6. The van der Waals surface area contributed by atoms with Crippen LogP contribution in [0.25, 0.3) is 10.4 Å². The maximum atomic E-state index is 11.4. The molecule has 0 aromatic heterocycles. The van der Waals surface area contributed by atoms with Crippen LogP contribution in [0.2, 0.25) is 0 Å². The summed E-state index contributed by atoms with van der Waals surface area (Å²) in [7, 11) is 1.42. The summed E-state index contributed by atoms with van der Waals surface area (Å²) in [6.07, 6.45) is -3.55. The molecule has 0 amide bonds. The molecule has 2 heterocycles. The molecule has 2 aliphatic rings. The Kier molecular flexibility index (Phi) is 5.52. The lowest BCUT2D eigenvalue weighted by Gasteiger charge is -2.47. The van der Waals surface area contributed by atoms with E-state index in [1.165, 1.54) is 14.0 Å². The summed E-state index contributed by atoms with van der Waals surface area (Å²) in [5.74, 6) is -0.529. The van der Waals surface area contributed by atoms with Gasteiger partial charge in [0.15, 0.2) is 18.7 Å². The molecule has 0 saturated carbocycles. The highest BCUT2D eigenvalue weighted by Crippen LogP contribution is 2.36. The summed E-state index contributed by atoms with van der Waals surface area (Å²) < 4.78 is 28.0. The monoisotopic (exact) mass is 349 g/mol. The first-order valence-corrected chi connectivity index (χ1v) is 7.85. The molecule has 2 saturated heterocycles. The zero-order chi connectivity index (χ0) is 17.8. The molecule has 9 nitrogen and oxygen atoms in total. The molecule has 9 heteroatoms. The minimum atomic E-state index is -0.908. The van der Waals surface area contributed by atoms with E-state index in [0.717, 1.165) is 5.56 Å². The molecule has 0 aliphatic carbocycles. The Morgan fingerprint density at radius 3 is 2.72 bits per heavy atom. The highest BCUT2D eigenvalue weighted by Gasteiger charge is 2.51. The van der Waals surface area contributed by atoms with Crippen LogP contribution < -0.4 is 0 Å². The highest BCUT2D eigenvalue weighted by molar-refractivity contribution is 5.66. The zero-order valence-electron chi connectivity index (χ0n) is 13.8. The van der Waals surface area contributed by atoms with Crippen molar-refractivity contribution in [3.05, 3.63) is 46.3 Å². The summed E-state index contributed by atoms with van der Waals surface area (Å²) in [5.41, 5.74) is 9.78. The van der Waals surface area contributed by atoms with Crippen molar-refractivity contribution in [2.24, 2.45) is 5.11 Å². The number of carbonyl (C=O) groups is 1. The normalized spacial score (nSPS) is 34.5. The van der Waals surface area contributed by atoms with Crippen LogP contribution >= 0.6 is 0 Å². The van der Waals surface area contributed by atoms with Crippen LogP contribution in [-0.4, -0.2) is 50.3 Å². The molecule has 2 fully saturated rings. The fraction of sp³-hybridized carbons (Fsp3) is 0.562. The number of azide groups is 1. The Hall–Kier alpha value is -2.16. The number of methoxy groups -OCH3 is 1. The fourth-order valence-corrected chi connectivity index (χ4v) is 3.04. The van der Waals surface area contributed by atoms with Gasteiger partial charge >= 0.3 is 5.97 Å². The molecule has 0 unspecified atom stereocenters. The van der Waals surface area contributed by atoms with E-state index >= 15 is 0 Å². The van der Waals surface area contributed by atoms with Crippen LogP contribution in [-0.2, 0) is 28.5 Å². The fourth-order valence-electron chi connectivity index (χ4n) is 3.04.